The van der Waals surface area contributed by atoms with Crippen LogP contribution in [0.25, 0.3) is 0 Å². The van der Waals surface area contributed by atoms with Gasteiger partial charge in [-0.1, -0.05) is 0 Å². The van der Waals surface area contributed by atoms with Gasteiger partial charge >= 0.3 is 5.97 Å². The molecule has 1 aromatic rings. The molecule has 114 valence electrons. The second kappa shape index (κ2) is 6.47. The van der Waals surface area contributed by atoms with Gasteiger partial charge in [-0.05, 0) is 25.0 Å². The predicted octanol–water partition coefficient (Wildman–Crippen LogP) is 1.64. The van der Waals surface area contributed by atoms with Crippen molar-refractivity contribution < 1.29 is 24.2 Å². The maximum Gasteiger partial charge on any atom is 0.308 e. The van der Waals surface area contributed by atoms with Crippen molar-refractivity contribution >= 4 is 11.9 Å². The lowest BCUT2D eigenvalue weighted by Crippen LogP contribution is -2.42. The Morgan fingerprint density at radius 1 is 1.19 bits per heavy atom. The Morgan fingerprint density at radius 3 is 2.33 bits per heavy atom. The molecule has 1 saturated heterocycles. The molecule has 1 aliphatic rings. The number of carboxylic acids is 1. The summed E-state index contributed by atoms with van der Waals surface area (Å²) < 4.78 is 10.3. The third kappa shape index (κ3) is 3.45. The summed E-state index contributed by atoms with van der Waals surface area (Å²) in [5.41, 5.74) is 0.442. The third-order valence-corrected chi connectivity index (χ3v) is 3.66. The minimum absolute atomic E-state index is 0.196. The van der Waals surface area contributed by atoms with Gasteiger partial charge in [0, 0.05) is 24.7 Å². The molecule has 1 heterocycles. The zero-order valence-electron chi connectivity index (χ0n) is 12.2. The van der Waals surface area contributed by atoms with Crippen molar-refractivity contribution in [3.05, 3.63) is 23.8 Å². The normalized spacial score (nSPS) is 18.2. The summed E-state index contributed by atoms with van der Waals surface area (Å²) in [7, 11) is 3.04. The van der Waals surface area contributed by atoms with E-state index in [1.807, 2.05) is 0 Å². The molecule has 0 spiro atoms. The number of hydrogen-bond acceptors (Lipinski definition) is 4. The number of ether oxygens (including phenoxy) is 2. The van der Waals surface area contributed by atoms with Gasteiger partial charge in [0.1, 0.15) is 11.5 Å². The number of nitrogens with zero attached hydrogens (tertiary/aromatic N) is 1. The molecule has 0 saturated carbocycles. The number of methoxy groups -OCH3 is 2. The Morgan fingerprint density at radius 2 is 1.81 bits per heavy atom. The highest BCUT2D eigenvalue weighted by atomic mass is 16.5. The lowest BCUT2D eigenvalue weighted by molar-refractivity contribution is -0.143. The lowest BCUT2D eigenvalue weighted by Gasteiger charge is -2.30. The molecule has 21 heavy (non-hydrogen) atoms. The van der Waals surface area contributed by atoms with Gasteiger partial charge in [0.05, 0.1) is 20.1 Å². The Kier molecular flexibility index (Phi) is 4.67. The molecule has 1 fully saturated rings. The predicted molar refractivity (Wildman–Crippen MR) is 75.8 cm³/mol. The van der Waals surface area contributed by atoms with Crippen molar-refractivity contribution in [2.45, 2.75) is 12.8 Å². The van der Waals surface area contributed by atoms with Gasteiger partial charge in [-0.3, -0.25) is 9.59 Å². The second-order valence-corrected chi connectivity index (χ2v) is 5.03. The number of aliphatic carboxylic acids is 1. The Labute approximate surface area is 123 Å². The van der Waals surface area contributed by atoms with E-state index >= 15 is 0 Å². The molecular formula is C15H19NO5. The molecule has 1 atom stereocenters. The van der Waals surface area contributed by atoms with E-state index in [2.05, 4.69) is 0 Å². The number of carboxylic acid groups (broad SMARTS) is 1. The van der Waals surface area contributed by atoms with Gasteiger partial charge in [-0.25, -0.2) is 0 Å². The van der Waals surface area contributed by atoms with E-state index in [0.29, 0.717) is 36.4 Å². The number of benzene rings is 1. The average molecular weight is 293 g/mol. The van der Waals surface area contributed by atoms with Crippen LogP contribution in [0.5, 0.6) is 11.5 Å². The Balaban J connectivity index is 2.21. The van der Waals surface area contributed by atoms with Crippen LogP contribution >= 0.6 is 0 Å². The van der Waals surface area contributed by atoms with Crippen molar-refractivity contribution in [3.63, 3.8) is 0 Å². The quantitative estimate of drug-likeness (QED) is 0.913. The minimum Gasteiger partial charge on any atom is -0.497 e. The van der Waals surface area contributed by atoms with Crippen molar-refractivity contribution in [2.75, 3.05) is 27.3 Å². The number of likely N-dealkylation sites (tertiary alicyclic amines) is 1. The second-order valence-electron chi connectivity index (χ2n) is 5.03. The molecular weight excluding hydrogens is 274 g/mol. The van der Waals surface area contributed by atoms with Crippen LogP contribution in [0.15, 0.2) is 18.2 Å². The van der Waals surface area contributed by atoms with Crippen LogP contribution < -0.4 is 9.47 Å². The summed E-state index contributed by atoms with van der Waals surface area (Å²) in [5, 5.41) is 9.09. The molecule has 0 aliphatic carbocycles. The molecule has 0 radical (unpaired) electrons. The Bertz CT molecular complexity index is 521. The summed E-state index contributed by atoms with van der Waals surface area (Å²) in [5.74, 6) is -0.474. The fraction of sp³-hybridized carbons (Fsp3) is 0.467. The highest BCUT2D eigenvalue weighted by Crippen LogP contribution is 2.25. The van der Waals surface area contributed by atoms with Crippen molar-refractivity contribution in [3.8, 4) is 11.5 Å². The number of amides is 1. The molecule has 6 nitrogen and oxygen atoms in total. The summed E-state index contributed by atoms with van der Waals surface area (Å²) in [6, 6.07) is 4.96. The zero-order valence-corrected chi connectivity index (χ0v) is 12.2. The smallest absolute Gasteiger partial charge is 0.308 e. The number of carbonyl (C=O) groups excluding carboxylic acids is 1. The van der Waals surface area contributed by atoms with E-state index in [0.717, 1.165) is 0 Å². The molecule has 1 amide bonds. The summed E-state index contributed by atoms with van der Waals surface area (Å²) in [6.07, 6.45) is 1.31. The summed E-state index contributed by atoms with van der Waals surface area (Å²) >= 11 is 0. The van der Waals surface area contributed by atoms with Crippen molar-refractivity contribution in [1.29, 1.82) is 0 Å². The van der Waals surface area contributed by atoms with Crippen LogP contribution in [0.3, 0.4) is 0 Å². The first kappa shape index (κ1) is 15.2. The fourth-order valence-electron chi connectivity index (χ4n) is 2.48. The summed E-state index contributed by atoms with van der Waals surface area (Å²) in [4.78, 5) is 25.2. The van der Waals surface area contributed by atoms with Gasteiger partial charge in [0.15, 0.2) is 0 Å². The zero-order chi connectivity index (χ0) is 15.4. The largest absolute Gasteiger partial charge is 0.497 e. The van der Waals surface area contributed by atoms with Crippen LogP contribution in [-0.2, 0) is 4.79 Å². The number of carbonyl (C=O) groups is 2. The monoisotopic (exact) mass is 293 g/mol. The average Bonchev–Trinajstić information content (AvgIpc) is 2.53. The molecule has 1 unspecified atom stereocenters. The van der Waals surface area contributed by atoms with Crippen LogP contribution in [0.4, 0.5) is 0 Å². The van der Waals surface area contributed by atoms with Gasteiger partial charge in [-0.15, -0.1) is 0 Å². The first-order chi connectivity index (χ1) is 10.0. The highest BCUT2D eigenvalue weighted by Gasteiger charge is 2.29. The van der Waals surface area contributed by atoms with Gasteiger partial charge in [0.2, 0.25) is 0 Å². The maximum atomic E-state index is 12.5. The number of hydrogen-bond donors (Lipinski definition) is 1. The first-order valence-corrected chi connectivity index (χ1v) is 6.80. The molecule has 1 aromatic carbocycles. The Hall–Kier alpha value is -2.24. The van der Waals surface area contributed by atoms with E-state index in [1.165, 1.54) is 14.2 Å². The van der Waals surface area contributed by atoms with Gasteiger partial charge < -0.3 is 19.5 Å². The van der Waals surface area contributed by atoms with Crippen molar-refractivity contribution in [2.24, 2.45) is 5.92 Å². The van der Waals surface area contributed by atoms with E-state index in [1.54, 1.807) is 23.1 Å². The van der Waals surface area contributed by atoms with Crippen LogP contribution in [0, 0.1) is 5.92 Å². The SMILES string of the molecule is COc1cc(OC)cc(C(=O)N2CCCC(C(=O)O)C2)c1. The molecule has 1 N–H and O–H groups in total. The fourth-order valence-corrected chi connectivity index (χ4v) is 2.48. The van der Waals surface area contributed by atoms with E-state index in [-0.39, 0.29) is 12.5 Å². The molecule has 0 bridgehead atoms. The number of rotatable bonds is 4. The van der Waals surface area contributed by atoms with Crippen LogP contribution in [0.1, 0.15) is 23.2 Å². The van der Waals surface area contributed by atoms with Gasteiger partial charge in [0.25, 0.3) is 5.91 Å². The third-order valence-electron chi connectivity index (χ3n) is 3.66. The molecule has 0 aromatic heterocycles. The van der Waals surface area contributed by atoms with Crippen LogP contribution in [-0.4, -0.2) is 49.2 Å². The lowest BCUT2D eigenvalue weighted by atomic mass is 9.97. The minimum atomic E-state index is -0.851. The maximum absolute atomic E-state index is 12.5. The summed E-state index contributed by atoms with van der Waals surface area (Å²) in [6.45, 7) is 0.815. The molecule has 2 rings (SSSR count). The number of piperidine rings is 1. The standard InChI is InChI=1S/C15H19NO5/c1-20-12-6-11(7-13(8-12)21-2)14(17)16-5-3-4-10(9-16)15(18)19/h6-8,10H,3-5,9H2,1-2H3,(H,18,19). The molecule has 1 aliphatic heterocycles. The van der Waals surface area contributed by atoms with E-state index in [9.17, 15) is 9.59 Å². The first-order valence-electron chi connectivity index (χ1n) is 6.80. The van der Waals surface area contributed by atoms with Gasteiger partial charge in [-0.2, -0.15) is 0 Å². The van der Waals surface area contributed by atoms with E-state index in [4.69, 9.17) is 14.6 Å². The van der Waals surface area contributed by atoms with E-state index < -0.39 is 11.9 Å². The van der Waals surface area contributed by atoms with Crippen molar-refractivity contribution in [1.82, 2.24) is 4.90 Å². The molecule has 6 heteroatoms. The highest BCUT2D eigenvalue weighted by molar-refractivity contribution is 5.95. The van der Waals surface area contributed by atoms with Crippen LogP contribution in [0.2, 0.25) is 0 Å². The topological polar surface area (TPSA) is 76.1 Å².